The molecule has 2 unspecified atom stereocenters. The Balaban J connectivity index is 3.88. The number of phosphoric acid groups is 1. The standard InChI is InChI=1S/C52H97O8P/c1-4-6-8-10-12-14-16-18-20-22-24-25-26-27-29-30-32-34-36-38-40-42-44-46-51(53)58-48-50(49-59-61(55,56)57-3)60-52(54)47-45-43-41-39-37-35-33-31-28-23-21-19-17-15-13-11-9-7-5-2/h13,15,19,21,28,31,50H,4-12,14,16-18,20,22-27,29-30,32-49H2,1-3H3,(H,55,56)/b15-13-,21-19-,31-28-. The fourth-order valence-corrected chi connectivity index (χ4v) is 7.89. The van der Waals surface area contributed by atoms with Gasteiger partial charge in [-0.1, -0.05) is 230 Å². The molecule has 0 aliphatic rings. The number of unbranched alkanes of at least 4 members (excludes halogenated alkanes) is 31. The van der Waals surface area contributed by atoms with E-state index in [1.807, 2.05) is 0 Å². The molecule has 8 nitrogen and oxygen atoms in total. The van der Waals surface area contributed by atoms with Crippen molar-refractivity contribution >= 4 is 19.8 Å². The number of phosphoric ester groups is 1. The molecule has 1 N–H and O–H groups in total. The Morgan fingerprint density at radius 2 is 0.787 bits per heavy atom. The molecule has 0 heterocycles. The molecule has 0 aromatic heterocycles. The molecule has 61 heavy (non-hydrogen) atoms. The van der Waals surface area contributed by atoms with E-state index in [1.54, 1.807) is 0 Å². The predicted molar refractivity (Wildman–Crippen MR) is 258 cm³/mol. The highest BCUT2D eigenvalue weighted by Gasteiger charge is 2.24. The molecule has 9 heteroatoms. The van der Waals surface area contributed by atoms with E-state index in [0.29, 0.717) is 12.8 Å². The van der Waals surface area contributed by atoms with Crippen LogP contribution in [0.2, 0.25) is 0 Å². The van der Waals surface area contributed by atoms with Crippen molar-refractivity contribution < 1.29 is 37.6 Å². The Bertz CT molecular complexity index is 1090. The third-order valence-electron chi connectivity index (χ3n) is 11.4. The summed E-state index contributed by atoms with van der Waals surface area (Å²) >= 11 is 0. The Morgan fingerprint density at radius 3 is 1.20 bits per heavy atom. The van der Waals surface area contributed by atoms with Crippen molar-refractivity contribution in [1.29, 1.82) is 0 Å². The average molecular weight is 881 g/mol. The van der Waals surface area contributed by atoms with Crippen LogP contribution in [0.4, 0.5) is 0 Å². The third-order valence-corrected chi connectivity index (χ3v) is 12.3. The number of carbonyl (C=O) groups is 2. The molecule has 0 fully saturated rings. The molecular formula is C52H97O8P. The van der Waals surface area contributed by atoms with Crippen LogP contribution in [-0.2, 0) is 32.7 Å². The van der Waals surface area contributed by atoms with Gasteiger partial charge in [0.05, 0.1) is 6.61 Å². The van der Waals surface area contributed by atoms with Gasteiger partial charge in [-0.15, -0.1) is 0 Å². The lowest BCUT2D eigenvalue weighted by atomic mass is 10.0. The summed E-state index contributed by atoms with van der Waals surface area (Å²) in [5, 5.41) is 0. The molecule has 0 saturated carbocycles. The van der Waals surface area contributed by atoms with Crippen LogP contribution in [-0.4, -0.2) is 43.3 Å². The highest BCUT2D eigenvalue weighted by Crippen LogP contribution is 2.42. The number of carbonyl (C=O) groups excluding carboxylic acids is 2. The third kappa shape index (κ3) is 47.6. The molecule has 0 aliphatic heterocycles. The van der Waals surface area contributed by atoms with Crippen LogP contribution in [0, 0.1) is 0 Å². The minimum atomic E-state index is -4.27. The van der Waals surface area contributed by atoms with Gasteiger partial charge in [0.15, 0.2) is 6.10 Å². The van der Waals surface area contributed by atoms with Crippen LogP contribution >= 0.6 is 7.82 Å². The fourth-order valence-electron chi connectivity index (χ4n) is 7.43. The molecule has 0 amide bonds. The maximum Gasteiger partial charge on any atom is 0.472 e. The molecule has 0 aliphatic carbocycles. The van der Waals surface area contributed by atoms with E-state index >= 15 is 0 Å². The van der Waals surface area contributed by atoms with E-state index in [0.717, 1.165) is 64.9 Å². The van der Waals surface area contributed by atoms with Gasteiger partial charge in [-0.3, -0.25) is 18.6 Å². The predicted octanol–water partition coefficient (Wildman–Crippen LogP) is 16.7. The zero-order valence-corrected chi connectivity index (χ0v) is 41.0. The molecule has 0 aromatic carbocycles. The Hall–Kier alpha value is -1.73. The Morgan fingerprint density at radius 1 is 0.459 bits per heavy atom. The van der Waals surface area contributed by atoms with Crippen LogP contribution in [0.1, 0.15) is 258 Å². The van der Waals surface area contributed by atoms with Crippen LogP contribution in [0.3, 0.4) is 0 Å². The second-order valence-corrected chi connectivity index (χ2v) is 18.9. The summed E-state index contributed by atoms with van der Waals surface area (Å²) in [5.74, 6) is -0.806. The SMILES string of the molecule is CCCCC/C=C\C/C=C\C/C=C\CCCCCCCCC(=O)OC(COC(=O)CCCCCCCCCCCCCCCCCCCCCCCCC)COP(=O)(O)OC. The van der Waals surface area contributed by atoms with Crippen molar-refractivity contribution in [2.75, 3.05) is 20.3 Å². The summed E-state index contributed by atoms with van der Waals surface area (Å²) < 4.78 is 32.1. The van der Waals surface area contributed by atoms with Gasteiger partial charge in [0.1, 0.15) is 6.61 Å². The van der Waals surface area contributed by atoms with Crippen molar-refractivity contribution in [3.63, 3.8) is 0 Å². The summed E-state index contributed by atoms with van der Waals surface area (Å²) in [7, 11) is -3.20. The van der Waals surface area contributed by atoms with Crippen molar-refractivity contribution in [3.05, 3.63) is 36.5 Å². The maximum atomic E-state index is 12.6. The van der Waals surface area contributed by atoms with Crippen molar-refractivity contribution in [3.8, 4) is 0 Å². The maximum absolute atomic E-state index is 12.6. The van der Waals surface area contributed by atoms with Crippen LogP contribution in [0.25, 0.3) is 0 Å². The lowest BCUT2D eigenvalue weighted by Gasteiger charge is -2.19. The number of hydrogen-bond acceptors (Lipinski definition) is 7. The number of ether oxygens (including phenoxy) is 2. The first-order valence-electron chi connectivity index (χ1n) is 25.7. The monoisotopic (exact) mass is 881 g/mol. The van der Waals surface area contributed by atoms with Gasteiger partial charge in [-0.05, 0) is 51.4 Å². The minimum Gasteiger partial charge on any atom is -0.462 e. The molecule has 0 saturated heterocycles. The molecule has 0 bridgehead atoms. The highest BCUT2D eigenvalue weighted by atomic mass is 31.2. The van der Waals surface area contributed by atoms with E-state index in [4.69, 9.17) is 14.0 Å². The molecule has 0 aromatic rings. The van der Waals surface area contributed by atoms with Gasteiger partial charge in [0, 0.05) is 20.0 Å². The number of hydrogen-bond donors (Lipinski definition) is 1. The molecule has 2 atom stereocenters. The van der Waals surface area contributed by atoms with Gasteiger partial charge in [-0.2, -0.15) is 0 Å². The van der Waals surface area contributed by atoms with Crippen LogP contribution in [0.5, 0.6) is 0 Å². The van der Waals surface area contributed by atoms with Crippen LogP contribution < -0.4 is 0 Å². The van der Waals surface area contributed by atoms with Crippen molar-refractivity contribution in [2.45, 2.75) is 264 Å². The Labute approximate surface area is 376 Å². The van der Waals surface area contributed by atoms with Crippen molar-refractivity contribution in [1.82, 2.24) is 0 Å². The fraction of sp³-hybridized carbons (Fsp3) is 0.846. The zero-order chi connectivity index (χ0) is 44.6. The minimum absolute atomic E-state index is 0.227. The van der Waals surface area contributed by atoms with Gasteiger partial charge in [0.2, 0.25) is 0 Å². The lowest BCUT2D eigenvalue weighted by molar-refractivity contribution is -0.161. The van der Waals surface area contributed by atoms with Crippen LogP contribution in [0.15, 0.2) is 36.5 Å². The normalized spacial score (nSPS) is 13.4. The lowest BCUT2D eigenvalue weighted by Crippen LogP contribution is -2.29. The number of allylic oxidation sites excluding steroid dienone is 6. The summed E-state index contributed by atoms with van der Waals surface area (Å²) in [6, 6.07) is 0. The number of rotatable bonds is 48. The molecule has 0 rings (SSSR count). The van der Waals surface area contributed by atoms with Gasteiger partial charge in [0.25, 0.3) is 0 Å². The molecular weight excluding hydrogens is 784 g/mol. The van der Waals surface area contributed by atoms with E-state index in [9.17, 15) is 19.0 Å². The van der Waals surface area contributed by atoms with E-state index < -0.39 is 26.5 Å². The van der Waals surface area contributed by atoms with E-state index in [1.165, 1.54) is 167 Å². The van der Waals surface area contributed by atoms with Gasteiger partial charge in [-0.25, -0.2) is 4.57 Å². The molecule has 0 radical (unpaired) electrons. The summed E-state index contributed by atoms with van der Waals surface area (Å²) in [6.45, 7) is 3.89. The topological polar surface area (TPSA) is 108 Å². The summed E-state index contributed by atoms with van der Waals surface area (Å²) in [6.07, 6.45) is 57.8. The first-order valence-corrected chi connectivity index (χ1v) is 27.2. The van der Waals surface area contributed by atoms with Gasteiger partial charge < -0.3 is 14.4 Å². The Kier molecular flexibility index (Phi) is 46.4. The largest absolute Gasteiger partial charge is 0.472 e. The molecule has 0 spiro atoms. The van der Waals surface area contributed by atoms with Crippen molar-refractivity contribution in [2.24, 2.45) is 0 Å². The quantitative estimate of drug-likeness (QED) is 0.0279. The summed E-state index contributed by atoms with van der Waals surface area (Å²) in [4.78, 5) is 34.7. The second-order valence-electron chi connectivity index (χ2n) is 17.3. The van der Waals surface area contributed by atoms with E-state index in [-0.39, 0.29) is 19.0 Å². The summed E-state index contributed by atoms with van der Waals surface area (Å²) in [5.41, 5.74) is 0. The zero-order valence-electron chi connectivity index (χ0n) is 40.1. The second kappa shape index (κ2) is 47.7. The average Bonchev–Trinajstić information content (AvgIpc) is 3.25. The smallest absolute Gasteiger partial charge is 0.462 e. The first-order chi connectivity index (χ1) is 29.8. The molecule has 358 valence electrons. The number of esters is 2. The first kappa shape index (κ1) is 59.3. The van der Waals surface area contributed by atoms with Gasteiger partial charge >= 0.3 is 19.8 Å². The van der Waals surface area contributed by atoms with E-state index in [2.05, 4.69) is 54.8 Å². The highest BCUT2D eigenvalue weighted by molar-refractivity contribution is 7.47.